The van der Waals surface area contributed by atoms with Crippen molar-refractivity contribution < 1.29 is 19.4 Å². The predicted octanol–water partition coefficient (Wildman–Crippen LogP) is 6.53. The number of carbonyl (C=O) groups is 1. The molecule has 4 heteroatoms. The van der Waals surface area contributed by atoms with Crippen LogP contribution in [0.1, 0.15) is 113 Å². The molecular formula is C31H50O4. The Morgan fingerprint density at radius 1 is 0.971 bits per heavy atom. The summed E-state index contributed by atoms with van der Waals surface area (Å²) in [6.07, 6.45) is 12.6. The zero-order valence-corrected chi connectivity index (χ0v) is 23.4. The van der Waals surface area contributed by atoms with Gasteiger partial charge in [-0.2, -0.15) is 0 Å². The van der Waals surface area contributed by atoms with Crippen molar-refractivity contribution in [1.29, 1.82) is 0 Å². The summed E-state index contributed by atoms with van der Waals surface area (Å²) in [6.45, 7) is 15.3. The van der Waals surface area contributed by atoms with Crippen LogP contribution in [0, 0.1) is 51.2 Å². The van der Waals surface area contributed by atoms with Crippen molar-refractivity contribution >= 4 is 5.97 Å². The van der Waals surface area contributed by atoms with E-state index in [-0.39, 0.29) is 18.2 Å². The largest absolute Gasteiger partial charge is 0.457 e. The van der Waals surface area contributed by atoms with Gasteiger partial charge in [0.05, 0.1) is 17.8 Å². The molecule has 1 saturated heterocycles. The molecule has 6 fully saturated rings. The fraction of sp³-hybridized carbons (Fsp3) is 0.968. The fourth-order valence-electron chi connectivity index (χ4n) is 12.2. The third-order valence-electron chi connectivity index (χ3n) is 13.4. The molecule has 35 heavy (non-hydrogen) atoms. The minimum atomic E-state index is -1.11. The van der Waals surface area contributed by atoms with Crippen LogP contribution < -0.4 is 0 Å². The SMILES string of the molecule is CC(=O)O[C@@H]([C@H]1CCC2C(CC3[C@@H]4CCC5C(C)(C)CCCC56[C@@H](C)[C@@]46CC[C@]23C)O1)C(C)(C)O. The van der Waals surface area contributed by atoms with Crippen LogP contribution in [0.25, 0.3) is 0 Å². The number of hydrogen-bond acceptors (Lipinski definition) is 4. The number of ether oxygens (including phenoxy) is 2. The first kappa shape index (κ1) is 24.7. The standard InChI is InChI=1S/C31H50O4/c1-18-30-16-15-29(7)21-9-11-23(26(28(5,6)33)34-19(2)32)35-24(21)17-22(29)20(30)10-12-25-27(3,4)13-8-14-31(18,25)30/h18,20-26,33H,8-17H2,1-7H3/t18-,20-,21?,22?,23+,24?,25?,26-,29+,30-,31?/m0/s1. The van der Waals surface area contributed by atoms with Crippen LogP contribution in [0.15, 0.2) is 0 Å². The first-order valence-corrected chi connectivity index (χ1v) is 14.8. The van der Waals surface area contributed by atoms with Crippen molar-refractivity contribution in [3.05, 3.63) is 0 Å². The lowest BCUT2D eigenvalue weighted by atomic mass is 9.46. The lowest BCUT2D eigenvalue weighted by molar-refractivity contribution is -0.200. The van der Waals surface area contributed by atoms with E-state index < -0.39 is 11.7 Å². The highest BCUT2D eigenvalue weighted by molar-refractivity contribution is 5.66. The van der Waals surface area contributed by atoms with Gasteiger partial charge in [-0.25, -0.2) is 0 Å². The topological polar surface area (TPSA) is 55.8 Å². The quantitative estimate of drug-likeness (QED) is 0.461. The third kappa shape index (κ3) is 3.08. The number of aliphatic hydroxyl groups is 1. The second-order valence-corrected chi connectivity index (χ2v) is 15.3. The highest BCUT2D eigenvalue weighted by Crippen LogP contribution is 2.89. The summed E-state index contributed by atoms with van der Waals surface area (Å²) < 4.78 is 12.4. The average molecular weight is 487 g/mol. The summed E-state index contributed by atoms with van der Waals surface area (Å²) in [5.74, 6) is 3.68. The van der Waals surface area contributed by atoms with E-state index in [4.69, 9.17) is 9.47 Å². The number of hydrogen-bond donors (Lipinski definition) is 1. The maximum Gasteiger partial charge on any atom is 0.303 e. The molecule has 2 spiro atoms. The molecule has 5 unspecified atom stereocenters. The Kier molecular flexibility index (Phi) is 5.29. The van der Waals surface area contributed by atoms with Crippen LogP contribution in [-0.2, 0) is 14.3 Å². The van der Waals surface area contributed by atoms with Crippen molar-refractivity contribution in [3.63, 3.8) is 0 Å². The summed E-state index contributed by atoms with van der Waals surface area (Å²) in [7, 11) is 0. The summed E-state index contributed by atoms with van der Waals surface area (Å²) in [5, 5.41) is 10.8. The van der Waals surface area contributed by atoms with E-state index in [1.54, 1.807) is 13.8 Å². The number of fused-ring (bicyclic) bond motifs is 4. The zero-order chi connectivity index (χ0) is 25.2. The molecule has 198 valence electrons. The lowest BCUT2D eigenvalue weighted by Gasteiger charge is -2.58. The molecule has 0 aromatic heterocycles. The van der Waals surface area contributed by atoms with Gasteiger partial charge in [0.25, 0.3) is 0 Å². The first-order valence-electron chi connectivity index (χ1n) is 14.8. The second kappa shape index (κ2) is 7.49. The van der Waals surface area contributed by atoms with Crippen LogP contribution >= 0.6 is 0 Å². The molecule has 1 N–H and O–H groups in total. The van der Waals surface area contributed by atoms with E-state index in [9.17, 15) is 9.90 Å². The normalized spacial score (nSPS) is 52.7. The van der Waals surface area contributed by atoms with Gasteiger partial charge < -0.3 is 14.6 Å². The minimum Gasteiger partial charge on any atom is -0.457 e. The van der Waals surface area contributed by atoms with Crippen LogP contribution in [0.3, 0.4) is 0 Å². The van der Waals surface area contributed by atoms with Crippen LogP contribution in [0.5, 0.6) is 0 Å². The van der Waals surface area contributed by atoms with Crippen LogP contribution in [-0.4, -0.2) is 35.0 Å². The van der Waals surface area contributed by atoms with Crippen molar-refractivity contribution in [2.24, 2.45) is 51.2 Å². The molecule has 1 aliphatic heterocycles. The Hall–Kier alpha value is -0.610. The van der Waals surface area contributed by atoms with Gasteiger partial charge in [-0.15, -0.1) is 0 Å². The molecule has 5 aliphatic carbocycles. The molecule has 0 aromatic carbocycles. The Labute approximate surface area is 213 Å². The van der Waals surface area contributed by atoms with Gasteiger partial charge in [-0.3, -0.25) is 4.79 Å². The summed E-state index contributed by atoms with van der Waals surface area (Å²) in [5.41, 5.74) is 0.961. The van der Waals surface area contributed by atoms with Crippen molar-refractivity contribution in [3.8, 4) is 0 Å². The Balaban J connectivity index is 1.27. The van der Waals surface area contributed by atoms with Crippen molar-refractivity contribution in [2.75, 3.05) is 0 Å². The highest BCUT2D eigenvalue weighted by atomic mass is 16.6. The van der Waals surface area contributed by atoms with E-state index in [0.29, 0.717) is 27.6 Å². The van der Waals surface area contributed by atoms with Crippen LogP contribution in [0.2, 0.25) is 0 Å². The average Bonchev–Trinajstić information content (AvgIpc) is 3.13. The molecule has 0 radical (unpaired) electrons. The lowest BCUT2D eigenvalue weighted by Crippen LogP contribution is -2.53. The Morgan fingerprint density at radius 3 is 2.37 bits per heavy atom. The molecule has 11 atom stereocenters. The van der Waals surface area contributed by atoms with Crippen molar-refractivity contribution in [1.82, 2.24) is 0 Å². The van der Waals surface area contributed by atoms with E-state index in [1.165, 1.54) is 58.3 Å². The number of esters is 1. The summed E-state index contributed by atoms with van der Waals surface area (Å²) in [6, 6.07) is 0. The third-order valence-corrected chi connectivity index (χ3v) is 13.4. The molecule has 0 bridgehead atoms. The monoisotopic (exact) mass is 486 g/mol. The summed E-state index contributed by atoms with van der Waals surface area (Å²) in [4.78, 5) is 11.8. The maximum atomic E-state index is 11.8. The molecule has 6 rings (SSSR count). The molecular weight excluding hydrogens is 436 g/mol. The Bertz CT molecular complexity index is 889. The first-order chi connectivity index (χ1) is 16.3. The number of carbonyl (C=O) groups excluding carboxylic acids is 1. The van der Waals surface area contributed by atoms with Gasteiger partial charge in [0.15, 0.2) is 6.10 Å². The van der Waals surface area contributed by atoms with Crippen molar-refractivity contribution in [2.45, 2.75) is 137 Å². The molecule has 0 aromatic rings. The predicted molar refractivity (Wildman–Crippen MR) is 137 cm³/mol. The van der Waals surface area contributed by atoms with Gasteiger partial charge in [-0.05, 0) is 123 Å². The number of rotatable bonds is 3. The highest BCUT2D eigenvalue weighted by Gasteiger charge is 2.84. The van der Waals surface area contributed by atoms with Gasteiger partial charge in [0.1, 0.15) is 0 Å². The van der Waals surface area contributed by atoms with E-state index >= 15 is 0 Å². The van der Waals surface area contributed by atoms with Gasteiger partial charge in [-0.1, -0.05) is 34.1 Å². The molecule has 1 heterocycles. The minimum absolute atomic E-state index is 0.209. The zero-order valence-electron chi connectivity index (χ0n) is 23.4. The van der Waals surface area contributed by atoms with Gasteiger partial charge >= 0.3 is 5.97 Å². The van der Waals surface area contributed by atoms with E-state index in [0.717, 1.165) is 36.5 Å². The molecule has 5 saturated carbocycles. The Morgan fingerprint density at radius 2 is 1.69 bits per heavy atom. The fourth-order valence-corrected chi connectivity index (χ4v) is 12.2. The molecule has 6 aliphatic rings. The maximum absolute atomic E-state index is 11.8. The van der Waals surface area contributed by atoms with E-state index in [1.807, 2.05) is 0 Å². The van der Waals surface area contributed by atoms with Gasteiger partial charge in [0.2, 0.25) is 0 Å². The molecule has 0 amide bonds. The van der Waals surface area contributed by atoms with Crippen LogP contribution in [0.4, 0.5) is 0 Å². The van der Waals surface area contributed by atoms with E-state index in [2.05, 4.69) is 27.7 Å². The van der Waals surface area contributed by atoms with Gasteiger partial charge in [0, 0.05) is 6.92 Å². The second-order valence-electron chi connectivity index (χ2n) is 15.3. The summed E-state index contributed by atoms with van der Waals surface area (Å²) >= 11 is 0. The molecule has 4 nitrogen and oxygen atoms in total. The smallest absolute Gasteiger partial charge is 0.303 e.